The van der Waals surface area contributed by atoms with E-state index in [9.17, 15) is 4.79 Å². The van der Waals surface area contributed by atoms with Crippen LogP contribution in [0.15, 0.2) is 24.3 Å². The Labute approximate surface area is 114 Å². The average Bonchev–Trinajstić information content (AvgIpc) is 2.32. The summed E-state index contributed by atoms with van der Waals surface area (Å²) in [7, 11) is 5.44. The van der Waals surface area contributed by atoms with Gasteiger partial charge in [0.15, 0.2) is 0 Å². The van der Waals surface area contributed by atoms with E-state index in [-0.39, 0.29) is 6.04 Å². The van der Waals surface area contributed by atoms with Gasteiger partial charge in [-0.2, -0.15) is 0 Å². The number of ether oxygens (including phenoxy) is 1. The normalized spacial score (nSPS) is 12.9. The highest BCUT2D eigenvalue weighted by Gasteiger charge is 2.17. The van der Waals surface area contributed by atoms with Gasteiger partial charge in [0.25, 0.3) is 0 Å². The predicted octanol–water partition coefficient (Wildman–Crippen LogP) is 2.56. The summed E-state index contributed by atoms with van der Waals surface area (Å²) in [5, 5.41) is 8.78. The molecule has 19 heavy (non-hydrogen) atoms. The molecule has 0 saturated carbocycles. The zero-order chi connectivity index (χ0) is 14.6. The van der Waals surface area contributed by atoms with E-state index in [1.807, 2.05) is 45.0 Å². The number of carboxylic acids is 1. The predicted molar refractivity (Wildman–Crippen MR) is 75.7 cm³/mol. The summed E-state index contributed by atoms with van der Waals surface area (Å²) in [5.41, 5.74) is 3.28. The molecular weight excluding hydrogens is 242 g/mol. The van der Waals surface area contributed by atoms with Crippen molar-refractivity contribution in [1.29, 1.82) is 0 Å². The molecule has 0 aromatic heterocycles. The van der Waals surface area contributed by atoms with Crippen molar-refractivity contribution >= 4 is 5.97 Å². The number of carbonyl (C=O) groups is 1. The lowest BCUT2D eigenvalue weighted by Gasteiger charge is -2.24. The Morgan fingerprint density at radius 3 is 2.37 bits per heavy atom. The number of nitrogens with zero attached hydrogens (tertiary/aromatic N) is 1. The van der Waals surface area contributed by atoms with Crippen molar-refractivity contribution in [3.63, 3.8) is 0 Å². The van der Waals surface area contributed by atoms with Gasteiger partial charge in [-0.1, -0.05) is 12.1 Å². The van der Waals surface area contributed by atoms with Gasteiger partial charge in [-0.25, -0.2) is 4.79 Å². The average molecular weight is 263 g/mol. The van der Waals surface area contributed by atoms with Gasteiger partial charge < -0.3 is 9.84 Å². The van der Waals surface area contributed by atoms with Crippen LogP contribution in [0.1, 0.15) is 22.7 Å². The number of aryl methyl sites for hydroxylation is 2. The summed E-state index contributed by atoms with van der Waals surface area (Å²) >= 11 is 0. The van der Waals surface area contributed by atoms with Crippen molar-refractivity contribution in [2.75, 3.05) is 21.2 Å². The molecule has 4 nitrogen and oxygen atoms in total. The van der Waals surface area contributed by atoms with E-state index < -0.39 is 5.97 Å². The van der Waals surface area contributed by atoms with E-state index >= 15 is 0 Å². The molecule has 1 atom stereocenters. The smallest absolute Gasteiger partial charge is 0.328 e. The Bertz CT molecular complexity index is 492. The highest BCUT2D eigenvalue weighted by molar-refractivity contribution is 5.79. The van der Waals surface area contributed by atoms with Crippen LogP contribution < -0.4 is 4.74 Å². The highest BCUT2D eigenvalue weighted by atomic mass is 16.5. The van der Waals surface area contributed by atoms with Gasteiger partial charge in [0.1, 0.15) is 5.75 Å². The van der Waals surface area contributed by atoms with Gasteiger partial charge in [-0.05, 0) is 45.1 Å². The number of aliphatic carboxylic acids is 1. The fraction of sp³-hybridized carbons (Fsp3) is 0.400. The Kier molecular flexibility index (Phi) is 5.12. The maximum atomic E-state index is 10.7. The molecule has 1 unspecified atom stereocenters. The molecule has 0 radical (unpaired) electrons. The molecule has 0 spiro atoms. The molecule has 0 amide bonds. The third-order valence-corrected chi connectivity index (χ3v) is 3.14. The van der Waals surface area contributed by atoms with Crippen LogP contribution in [0.5, 0.6) is 5.75 Å². The second-order valence-electron chi connectivity index (χ2n) is 4.78. The van der Waals surface area contributed by atoms with E-state index in [2.05, 4.69) is 0 Å². The number of hydrogen-bond donors (Lipinski definition) is 1. The molecular formula is C15H21NO3. The first-order valence-corrected chi connectivity index (χ1v) is 6.09. The van der Waals surface area contributed by atoms with E-state index in [4.69, 9.17) is 9.84 Å². The first-order valence-electron chi connectivity index (χ1n) is 6.09. The largest absolute Gasteiger partial charge is 0.496 e. The molecule has 1 aromatic rings. The lowest BCUT2D eigenvalue weighted by atomic mass is 9.98. The van der Waals surface area contributed by atoms with Crippen molar-refractivity contribution in [2.24, 2.45) is 0 Å². The van der Waals surface area contributed by atoms with Crippen molar-refractivity contribution in [3.05, 3.63) is 41.0 Å². The van der Waals surface area contributed by atoms with Crippen LogP contribution >= 0.6 is 0 Å². The molecule has 0 saturated heterocycles. The number of hydrogen-bond acceptors (Lipinski definition) is 3. The molecule has 0 bridgehead atoms. The molecule has 104 valence electrons. The summed E-state index contributed by atoms with van der Waals surface area (Å²) in [6.07, 6.45) is 2.83. The Morgan fingerprint density at radius 1 is 1.32 bits per heavy atom. The van der Waals surface area contributed by atoms with Gasteiger partial charge in [0.2, 0.25) is 0 Å². The lowest BCUT2D eigenvalue weighted by molar-refractivity contribution is -0.131. The fourth-order valence-corrected chi connectivity index (χ4v) is 1.95. The Balaban J connectivity index is 3.29. The zero-order valence-corrected chi connectivity index (χ0v) is 12.1. The molecule has 0 aliphatic carbocycles. The van der Waals surface area contributed by atoms with Gasteiger partial charge in [-0.3, -0.25) is 4.90 Å². The molecule has 1 aromatic carbocycles. The third-order valence-electron chi connectivity index (χ3n) is 3.14. The monoisotopic (exact) mass is 263 g/mol. The minimum Gasteiger partial charge on any atom is -0.496 e. The summed E-state index contributed by atoms with van der Waals surface area (Å²) in [6, 6.07) is 3.89. The SMILES string of the molecule is COc1cc(C)c(C)cc1C(/C=C/C(=O)O)N(C)C. The van der Waals surface area contributed by atoms with Gasteiger partial charge in [-0.15, -0.1) is 0 Å². The van der Waals surface area contributed by atoms with Crippen LogP contribution in [0, 0.1) is 13.8 Å². The van der Waals surface area contributed by atoms with Crippen molar-refractivity contribution in [3.8, 4) is 5.75 Å². The molecule has 1 N–H and O–H groups in total. The van der Waals surface area contributed by atoms with Gasteiger partial charge in [0, 0.05) is 11.6 Å². The van der Waals surface area contributed by atoms with Crippen molar-refractivity contribution in [1.82, 2.24) is 4.90 Å². The van der Waals surface area contributed by atoms with E-state index in [0.29, 0.717) is 0 Å². The number of benzene rings is 1. The van der Waals surface area contributed by atoms with E-state index in [0.717, 1.165) is 22.4 Å². The van der Waals surface area contributed by atoms with Crippen LogP contribution in [0.4, 0.5) is 0 Å². The fourth-order valence-electron chi connectivity index (χ4n) is 1.95. The number of likely N-dealkylation sites (N-methyl/N-ethyl adjacent to an activating group) is 1. The van der Waals surface area contributed by atoms with Crippen LogP contribution in [0.3, 0.4) is 0 Å². The van der Waals surface area contributed by atoms with Crippen LogP contribution in [-0.4, -0.2) is 37.2 Å². The zero-order valence-electron chi connectivity index (χ0n) is 12.1. The summed E-state index contributed by atoms with van der Waals surface area (Å²) in [5.74, 6) is -0.175. The first kappa shape index (κ1) is 15.2. The lowest BCUT2D eigenvalue weighted by Crippen LogP contribution is -2.19. The molecule has 0 aliphatic heterocycles. The van der Waals surface area contributed by atoms with E-state index in [1.165, 1.54) is 6.08 Å². The van der Waals surface area contributed by atoms with Gasteiger partial charge >= 0.3 is 5.97 Å². The number of rotatable bonds is 5. The summed E-state index contributed by atoms with van der Waals surface area (Å²) < 4.78 is 5.41. The standard InChI is InChI=1S/C15H21NO3/c1-10-8-12(14(19-5)9-11(10)2)13(16(3)4)6-7-15(17)18/h6-9,13H,1-5H3,(H,17,18)/b7-6+. The van der Waals surface area contributed by atoms with Crippen LogP contribution in [0.25, 0.3) is 0 Å². The van der Waals surface area contributed by atoms with Gasteiger partial charge in [0.05, 0.1) is 13.2 Å². The maximum Gasteiger partial charge on any atom is 0.328 e. The summed E-state index contributed by atoms with van der Waals surface area (Å²) in [4.78, 5) is 12.6. The molecule has 1 rings (SSSR count). The molecule has 0 heterocycles. The Hall–Kier alpha value is -1.81. The second-order valence-corrected chi connectivity index (χ2v) is 4.78. The maximum absolute atomic E-state index is 10.7. The minimum absolute atomic E-state index is 0.134. The quantitative estimate of drug-likeness (QED) is 0.829. The molecule has 0 aliphatic rings. The first-order chi connectivity index (χ1) is 8.86. The second kappa shape index (κ2) is 6.38. The highest BCUT2D eigenvalue weighted by Crippen LogP contribution is 2.31. The molecule has 4 heteroatoms. The van der Waals surface area contributed by atoms with Crippen molar-refractivity contribution < 1.29 is 14.6 Å². The van der Waals surface area contributed by atoms with E-state index in [1.54, 1.807) is 13.2 Å². The number of methoxy groups -OCH3 is 1. The van der Waals surface area contributed by atoms with Crippen LogP contribution in [-0.2, 0) is 4.79 Å². The van der Waals surface area contributed by atoms with Crippen molar-refractivity contribution in [2.45, 2.75) is 19.9 Å². The third kappa shape index (κ3) is 3.83. The topological polar surface area (TPSA) is 49.8 Å². The number of carboxylic acid groups (broad SMARTS) is 1. The van der Waals surface area contributed by atoms with Crippen LogP contribution in [0.2, 0.25) is 0 Å². The minimum atomic E-state index is -0.949. The Morgan fingerprint density at radius 2 is 1.89 bits per heavy atom. The molecule has 0 fully saturated rings. The summed E-state index contributed by atoms with van der Waals surface area (Å²) in [6.45, 7) is 4.06.